The first kappa shape index (κ1) is 13.5. The highest BCUT2D eigenvalue weighted by atomic mass is 16.1. The van der Waals surface area contributed by atoms with E-state index in [0.29, 0.717) is 0 Å². The molecule has 0 fully saturated rings. The second kappa shape index (κ2) is 6.92. The normalized spacial score (nSPS) is 12.4. The fourth-order valence-corrected chi connectivity index (χ4v) is 1.57. The first-order valence-electron chi connectivity index (χ1n) is 5.25. The molecule has 0 aliphatic carbocycles. The number of benzene rings is 1. The van der Waals surface area contributed by atoms with Gasteiger partial charge in [-0.15, -0.1) is 13.2 Å². The van der Waals surface area contributed by atoms with E-state index in [-0.39, 0.29) is 0 Å². The van der Waals surface area contributed by atoms with Crippen molar-refractivity contribution >= 4 is 12.2 Å². The van der Waals surface area contributed by atoms with Crippen LogP contribution in [0.15, 0.2) is 59.6 Å². The zero-order valence-electron chi connectivity index (χ0n) is 9.74. The van der Waals surface area contributed by atoms with Crippen molar-refractivity contribution in [3.63, 3.8) is 0 Å². The summed E-state index contributed by atoms with van der Waals surface area (Å²) in [5, 5.41) is 0. The molecular weight excluding hydrogens is 228 g/mol. The van der Waals surface area contributed by atoms with Gasteiger partial charge in [0, 0.05) is 0 Å². The van der Waals surface area contributed by atoms with Crippen molar-refractivity contribution in [2.24, 2.45) is 9.98 Å². The number of hydrogen-bond donors (Lipinski definition) is 0. The molecule has 4 nitrogen and oxygen atoms in total. The Kier molecular flexibility index (Phi) is 5.20. The molecule has 2 atom stereocenters. The molecule has 4 heteroatoms. The Balaban J connectivity index is 3.18. The molecule has 0 saturated heterocycles. The Morgan fingerprint density at radius 3 is 1.78 bits per heavy atom. The van der Waals surface area contributed by atoms with E-state index in [9.17, 15) is 9.59 Å². The van der Waals surface area contributed by atoms with Crippen LogP contribution >= 0.6 is 0 Å². The van der Waals surface area contributed by atoms with E-state index in [1.807, 2.05) is 12.1 Å². The van der Waals surface area contributed by atoms with E-state index in [0.717, 1.165) is 11.1 Å². The van der Waals surface area contributed by atoms with Gasteiger partial charge in [-0.05, 0) is 11.1 Å². The van der Waals surface area contributed by atoms with Crippen molar-refractivity contribution < 1.29 is 9.59 Å². The fourth-order valence-electron chi connectivity index (χ4n) is 1.57. The Morgan fingerprint density at radius 2 is 1.44 bits per heavy atom. The van der Waals surface area contributed by atoms with Gasteiger partial charge in [0.15, 0.2) is 0 Å². The molecule has 0 N–H and O–H groups in total. The van der Waals surface area contributed by atoms with Gasteiger partial charge in [-0.3, -0.25) is 0 Å². The molecule has 0 aliphatic rings. The van der Waals surface area contributed by atoms with Crippen LogP contribution < -0.4 is 0 Å². The van der Waals surface area contributed by atoms with Crippen molar-refractivity contribution in [2.75, 3.05) is 0 Å². The molecule has 0 spiro atoms. The largest absolute Gasteiger partial charge is 0.235 e. The predicted molar refractivity (Wildman–Crippen MR) is 68.6 cm³/mol. The van der Waals surface area contributed by atoms with Crippen LogP contribution in [-0.4, -0.2) is 12.2 Å². The summed E-state index contributed by atoms with van der Waals surface area (Å²) in [6.45, 7) is 7.22. The van der Waals surface area contributed by atoms with Crippen molar-refractivity contribution in [1.82, 2.24) is 0 Å². The van der Waals surface area contributed by atoms with Gasteiger partial charge in [-0.1, -0.05) is 36.4 Å². The third-order valence-corrected chi connectivity index (χ3v) is 2.42. The van der Waals surface area contributed by atoms with Crippen LogP contribution in [0.3, 0.4) is 0 Å². The number of aliphatic imine (C=N–C) groups is 2. The average molecular weight is 240 g/mol. The lowest BCUT2D eigenvalue weighted by Crippen LogP contribution is -1.96. The molecule has 2 unspecified atom stereocenters. The number of rotatable bonds is 6. The minimum Gasteiger partial charge on any atom is -0.211 e. The summed E-state index contributed by atoms with van der Waals surface area (Å²) in [5.74, 6) is 0. The standard InChI is InChI=1S/C14H12N2O2/c1-3-13(15-9-17)11-6-5-7-12(8-11)14(4-2)16-10-18/h3-8,13-14H,1-2H2. The lowest BCUT2D eigenvalue weighted by Gasteiger charge is -2.10. The van der Waals surface area contributed by atoms with Crippen LogP contribution in [0.1, 0.15) is 23.2 Å². The van der Waals surface area contributed by atoms with Gasteiger partial charge in [-0.2, -0.15) is 9.98 Å². The molecule has 0 aromatic heterocycles. The summed E-state index contributed by atoms with van der Waals surface area (Å²) in [6, 6.07) is 6.29. The van der Waals surface area contributed by atoms with E-state index in [4.69, 9.17) is 0 Å². The summed E-state index contributed by atoms with van der Waals surface area (Å²) in [5.41, 5.74) is 1.55. The smallest absolute Gasteiger partial charge is 0.211 e. The predicted octanol–water partition coefficient (Wildman–Crippen LogP) is 2.81. The first-order chi connectivity index (χ1) is 8.76. The van der Waals surface area contributed by atoms with Crippen LogP contribution in [0.2, 0.25) is 0 Å². The average Bonchev–Trinajstić information content (AvgIpc) is 2.42. The van der Waals surface area contributed by atoms with E-state index >= 15 is 0 Å². The van der Waals surface area contributed by atoms with Gasteiger partial charge in [0.25, 0.3) is 0 Å². The maximum absolute atomic E-state index is 10.3. The number of nitrogens with zero attached hydrogens (tertiary/aromatic N) is 2. The van der Waals surface area contributed by atoms with E-state index in [1.165, 1.54) is 24.3 Å². The van der Waals surface area contributed by atoms with Crippen LogP contribution in [-0.2, 0) is 9.59 Å². The lowest BCUT2D eigenvalue weighted by atomic mass is 10.0. The minimum atomic E-state index is -0.451. The van der Waals surface area contributed by atoms with Crippen molar-refractivity contribution in [1.29, 1.82) is 0 Å². The van der Waals surface area contributed by atoms with Crippen LogP contribution in [0, 0.1) is 0 Å². The molecule has 0 amide bonds. The highest BCUT2D eigenvalue weighted by molar-refractivity contribution is 5.40. The van der Waals surface area contributed by atoms with Crippen molar-refractivity contribution in [3.8, 4) is 0 Å². The van der Waals surface area contributed by atoms with Crippen molar-refractivity contribution in [2.45, 2.75) is 12.1 Å². The second-order valence-corrected chi connectivity index (χ2v) is 3.47. The summed E-state index contributed by atoms with van der Waals surface area (Å²) in [6.07, 6.45) is 6.08. The molecule has 18 heavy (non-hydrogen) atoms. The van der Waals surface area contributed by atoms with Crippen LogP contribution in [0.25, 0.3) is 0 Å². The Morgan fingerprint density at radius 1 is 1.00 bits per heavy atom. The van der Waals surface area contributed by atoms with Gasteiger partial charge < -0.3 is 0 Å². The van der Waals surface area contributed by atoms with Gasteiger partial charge in [0.05, 0.1) is 0 Å². The molecule has 1 rings (SSSR count). The van der Waals surface area contributed by atoms with Crippen LogP contribution in [0.5, 0.6) is 0 Å². The minimum absolute atomic E-state index is 0.451. The maximum Gasteiger partial charge on any atom is 0.235 e. The van der Waals surface area contributed by atoms with Gasteiger partial charge in [0.2, 0.25) is 12.2 Å². The first-order valence-corrected chi connectivity index (χ1v) is 5.25. The molecule has 0 saturated carbocycles. The molecule has 0 bridgehead atoms. The van der Waals surface area contributed by atoms with E-state index in [1.54, 1.807) is 12.1 Å². The second-order valence-electron chi connectivity index (χ2n) is 3.47. The molecule has 0 heterocycles. The number of hydrogen-bond acceptors (Lipinski definition) is 4. The van der Waals surface area contributed by atoms with Crippen molar-refractivity contribution in [3.05, 3.63) is 60.7 Å². The molecule has 90 valence electrons. The quantitative estimate of drug-likeness (QED) is 0.436. The Hall–Kier alpha value is -2.54. The number of isocyanates is 2. The van der Waals surface area contributed by atoms with Crippen LogP contribution in [0.4, 0.5) is 0 Å². The molecule has 0 aliphatic heterocycles. The Labute approximate surface area is 105 Å². The fraction of sp³-hybridized carbons (Fsp3) is 0.143. The maximum atomic E-state index is 10.3. The monoisotopic (exact) mass is 240 g/mol. The summed E-state index contributed by atoms with van der Waals surface area (Å²) in [7, 11) is 0. The zero-order valence-corrected chi connectivity index (χ0v) is 9.74. The SMILES string of the molecule is C=CC(N=C=O)c1cccc(C(C=C)N=C=O)c1. The molecule has 0 radical (unpaired) electrons. The van der Waals surface area contributed by atoms with E-state index < -0.39 is 12.1 Å². The highest BCUT2D eigenvalue weighted by Gasteiger charge is 2.10. The summed E-state index contributed by atoms with van der Waals surface area (Å²) < 4.78 is 0. The Bertz CT molecular complexity index is 493. The van der Waals surface area contributed by atoms with Gasteiger partial charge in [0.1, 0.15) is 12.1 Å². The molecular formula is C14H12N2O2. The number of carbonyl (C=O) groups excluding carboxylic acids is 2. The zero-order chi connectivity index (χ0) is 13.4. The van der Waals surface area contributed by atoms with Gasteiger partial charge >= 0.3 is 0 Å². The highest BCUT2D eigenvalue weighted by Crippen LogP contribution is 2.24. The lowest BCUT2D eigenvalue weighted by molar-refractivity contribution is 0.561. The molecule has 1 aromatic rings. The van der Waals surface area contributed by atoms with Gasteiger partial charge in [-0.25, -0.2) is 9.59 Å². The third kappa shape index (κ3) is 3.22. The third-order valence-electron chi connectivity index (χ3n) is 2.42. The summed E-state index contributed by atoms with van der Waals surface area (Å²) in [4.78, 5) is 27.9. The van der Waals surface area contributed by atoms with E-state index in [2.05, 4.69) is 23.1 Å². The topological polar surface area (TPSA) is 58.9 Å². The molecule has 1 aromatic carbocycles. The summed E-state index contributed by atoms with van der Waals surface area (Å²) >= 11 is 0.